The van der Waals surface area contributed by atoms with Crippen LogP contribution in [0.5, 0.6) is 0 Å². The van der Waals surface area contributed by atoms with Gasteiger partial charge >= 0.3 is 6.09 Å². The third kappa shape index (κ3) is 6.58. The Bertz CT molecular complexity index is 607. The summed E-state index contributed by atoms with van der Waals surface area (Å²) in [4.78, 5) is 12.0. The van der Waals surface area contributed by atoms with Gasteiger partial charge in [-0.2, -0.15) is 8.42 Å². The summed E-state index contributed by atoms with van der Waals surface area (Å²) < 4.78 is 29.0. The van der Waals surface area contributed by atoms with Gasteiger partial charge in [0.2, 0.25) is 0 Å². The standard InChI is InChI=1S/C12H15NO5S.C4H9/c1-9-2-4-11(5-3-9)19(16,17)18-10-6-7-13(8-10)12(14)15;1-4(2)3/h2-5,10H,6-8H2,1H3,(H,14,15);1-3H3. The summed E-state index contributed by atoms with van der Waals surface area (Å²) >= 11 is 0. The molecule has 1 aliphatic rings. The second-order valence-corrected chi connectivity index (χ2v) is 7.57. The topological polar surface area (TPSA) is 83.9 Å². The van der Waals surface area contributed by atoms with E-state index in [0.29, 0.717) is 13.0 Å². The quantitative estimate of drug-likeness (QED) is 0.854. The lowest BCUT2D eigenvalue weighted by molar-refractivity contribution is 0.146. The zero-order valence-corrected chi connectivity index (χ0v) is 14.8. The van der Waals surface area contributed by atoms with Gasteiger partial charge in [-0.25, -0.2) is 4.79 Å². The van der Waals surface area contributed by atoms with E-state index in [-0.39, 0.29) is 11.4 Å². The number of amides is 1. The van der Waals surface area contributed by atoms with Crippen molar-refractivity contribution in [2.75, 3.05) is 13.1 Å². The Balaban J connectivity index is 0.000000593. The molecule has 23 heavy (non-hydrogen) atoms. The molecule has 7 heteroatoms. The van der Waals surface area contributed by atoms with E-state index in [2.05, 4.69) is 20.8 Å². The van der Waals surface area contributed by atoms with Crippen LogP contribution in [-0.4, -0.2) is 43.7 Å². The van der Waals surface area contributed by atoms with Crippen LogP contribution in [0.15, 0.2) is 29.2 Å². The van der Waals surface area contributed by atoms with Crippen molar-refractivity contribution < 1.29 is 22.5 Å². The van der Waals surface area contributed by atoms with Gasteiger partial charge in [0, 0.05) is 6.54 Å². The van der Waals surface area contributed by atoms with E-state index in [1.54, 1.807) is 12.1 Å². The van der Waals surface area contributed by atoms with Crippen molar-refractivity contribution in [3.8, 4) is 0 Å². The van der Waals surface area contributed by atoms with Crippen LogP contribution in [0.1, 0.15) is 32.8 Å². The van der Waals surface area contributed by atoms with E-state index < -0.39 is 22.3 Å². The number of aryl methyl sites for hydroxylation is 1. The first-order chi connectivity index (χ1) is 10.6. The van der Waals surface area contributed by atoms with E-state index in [0.717, 1.165) is 10.5 Å². The largest absolute Gasteiger partial charge is 0.465 e. The van der Waals surface area contributed by atoms with Crippen molar-refractivity contribution in [1.29, 1.82) is 0 Å². The predicted molar refractivity (Wildman–Crippen MR) is 87.7 cm³/mol. The minimum Gasteiger partial charge on any atom is -0.465 e. The maximum absolute atomic E-state index is 12.0. The number of carboxylic acid groups (broad SMARTS) is 1. The molecule has 0 aliphatic carbocycles. The summed E-state index contributed by atoms with van der Waals surface area (Å²) in [6.07, 6.45) is -1.28. The summed E-state index contributed by atoms with van der Waals surface area (Å²) in [6.45, 7) is 8.49. The Labute approximate surface area is 138 Å². The van der Waals surface area contributed by atoms with Crippen molar-refractivity contribution >= 4 is 16.2 Å². The molecule has 1 aliphatic heterocycles. The monoisotopic (exact) mass is 342 g/mol. The van der Waals surface area contributed by atoms with E-state index in [4.69, 9.17) is 9.29 Å². The average Bonchev–Trinajstić information content (AvgIpc) is 2.86. The lowest BCUT2D eigenvalue weighted by Gasteiger charge is -2.13. The highest BCUT2D eigenvalue weighted by molar-refractivity contribution is 7.86. The second kappa shape index (κ2) is 8.31. The van der Waals surface area contributed by atoms with Crippen LogP contribution in [0.3, 0.4) is 0 Å². The zero-order chi connectivity index (χ0) is 17.6. The number of carbonyl (C=O) groups is 1. The fourth-order valence-corrected chi connectivity index (χ4v) is 3.02. The van der Waals surface area contributed by atoms with E-state index in [1.165, 1.54) is 18.1 Å². The molecule has 1 aromatic carbocycles. The van der Waals surface area contributed by atoms with Gasteiger partial charge in [-0.1, -0.05) is 38.5 Å². The molecule has 2 rings (SSSR count). The first kappa shape index (κ1) is 19.4. The Morgan fingerprint density at radius 1 is 1.22 bits per heavy atom. The molecule has 1 N–H and O–H groups in total. The maximum Gasteiger partial charge on any atom is 0.407 e. The molecule has 1 radical (unpaired) electrons. The Morgan fingerprint density at radius 3 is 2.17 bits per heavy atom. The molecule has 129 valence electrons. The maximum atomic E-state index is 12.0. The van der Waals surface area contributed by atoms with E-state index in [9.17, 15) is 13.2 Å². The van der Waals surface area contributed by atoms with E-state index in [1.807, 2.05) is 6.92 Å². The summed E-state index contributed by atoms with van der Waals surface area (Å²) in [5.41, 5.74) is 0.955. The molecule has 1 unspecified atom stereocenters. The molecule has 1 fully saturated rings. The number of hydrogen-bond donors (Lipinski definition) is 1. The van der Waals surface area contributed by atoms with Crippen LogP contribution in [0.25, 0.3) is 0 Å². The molecule has 0 aromatic heterocycles. The number of benzene rings is 1. The molecule has 6 nitrogen and oxygen atoms in total. The Hall–Kier alpha value is -1.60. The van der Waals surface area contributed by atoms with E-state index >= 15 is 0 Å². The van der Waals surface area contributed by atoms with Gasteiger partial charge in [0.1, 0.15) is 0 Å². The first-order valence-electron chi connectivity index (χ1n) is 7.36. The van der Waals surface area contributed by atoms with Crippen LogP contribution in [0, 0.1) is 12.8 Å². The third-order valence-corrected chi connectivity index (χ3v) is 4.36. The van der Waals surface area contributed by atoms with Crippen molar-refractivity contribution in [2.45, 2.75) is 45.1 Å². The van der Waals surface area contributed by atoms with Gasteiger partial charge in [-0.05, 0) is 31.4 Å². The molecule has 1 atom stereocenters. The molecule has 0 spiro atoms. The Morgan fingerprint density at radius 2 is 1.74 bits per heavy atom. The van der Waals surface area contributed by atoms with Crippen LogP contribution >= 0.6 is 0 Å². The van der Waals surface area contributed by atoms with Gasteiger partial charge in [-0.15, -0.1) is 0 Å². The van der Waals surface area contributed by atoms with Crippen molar-refractivity contribution in [3.05, 3.63) is 35.7 Å². The molecule has 1 heterocycles. The minimum absolute atomic E-state index is 0.0838. The highest BCUT2D eigenvalue weighted by Crippen LogP contribution is 2.20. The van der Waals surface area contributed by atoms with Crippen molar-refractivity contribution in [2.24, 2.45) is 0 Å². The number of nitrogens with zero attached hydrogens (tertiary/aromatic N) is 1. The molecule has 0 saturated carbocycles. The van der Waals surface area contributed by atoms with Crippen molar-refractivity contribution in [3.63, 3.8) is 0 Å². The minimum atomic E-state index is -3.83. The van der Waals surface area contributed by atoms with Crippen LogP contribution in [-0.2, 0) is 14.3 Å². The van der Waals surface area contributed by atoms with Gasteiger partial charge < -0.3 is 10.0 Å². The molecule has 1 aromatic rings. The molecule has 1 saturated heterocycles. The smallest absolute Gasteiger partial charge is 0.407 e. The highest BCUT2D eigenvalue weighted by Gasteiger charge is 2.30. The lowest BCUT2D eigenvalue weighted by atomic mass is 10.2. The zero-order valence-electron chi connectivity index (χ0n) is 13.9. The highest BCUT2D eigenvalue weighted by atomic mass is 32.2. The van der Waals surface area contributed by atoms with Crippen LogP contribution < -0.4 is 0 Å². The van der Waals surface area contributed by atoms with Crippen molar-refractivity contribution in [1.82, 2.24) is 4.90 Å². The number of rotatable bonds is 3. The summed E-state index contributed by atoms with van der Waals surface area (Å²) in [5, 5.41) is 8.80. The van der Waals surface area contributed by atoms with Crippen LogP contribution in [0.2, 0.25) is 0 Å². The van der Waals surface area contributed by atoms with Gasteiger partial charge in [0.15, 0.2) is 0 Å². The second-order valence-electron chi connectivity index (χ2n) is 6.00. The molecule has 0 bridgehead atoms. The summed E-state index contributed by atoms with van der Waals surface area (Å²) in [5.74, 6) is 1.42. The number of hydrogen-bond acceptors (Lipinski definition) is 4. The Kier molecular flexibility index (Phi) is 7.02. The third-order valence-electron chi connectivity index (χ3n) is 2.99. The average molecular weight is 342 g/mol. The summed E-state index contributed by atoms with van der Waals surface area (Å²) in [6, 6.07) is 6.34. The predicted octanol–water partition coefficient (Wildman–Crippen LogP) is 3.07. The fraction of sp³-hybridized carbons (Fsp3) is 0.500. The normalized spacial score (nSPS) is 17.8. The fourth-order valence-electron chi connectivity index (χ4n) is 1.92. The SMILES string of the molecule is C[C](C)C.Cc1ccc(S(=O)(=O)OC2CCN(C(=O)O)C2)cc1. The molecule has 1 amide bonds. The molecular weight excluding hydrogens is 318 g/mol. The summed E-state index contributed by atoms with van der Waals surface area (Å²) in [7, 11) is -3.83. The lowest BCUT2D eigenvalue weighted by Crippen LogP contribution is -2.29. The van der Waals surface area contributed by atoms with Gasteiger partial charge in [-0.3, -0.25) is 4.18 Å². The molecular formula is C16H24NO5S. The van der Waals surface area contributed by atoms with Gasteiger partial charge in [0.25, 0.3) is 10.1 Å². The van der Waals surface area contributed by atoms with Crippen LogP contribution in [0.4, 0.5) is 4.79 Å². The van der Waals surface area contributed by atoms with Gasteiger partial charge in [0.05, 0.1) is 17.5 Å². The first-order valence-corrected chi connectivity index (χ1v) is 8.77. The number of likely N-dealkylation sites (tertiary alicyclic amines) is 1.